The summed E-state index contributed by atoms with van der Waals surface area (Å²) >= 11 is 0. The number of benzene rings is 2. The Balaban J connectivity index is 1.54. The molecule has 60 heavy (non-hydrogen) atoms. The van der Waals surface area contributed by atoms with Crippen LogP contribution >= 0.6 is 0 Å². The minimum absolute atomic E-state index is 0.0835. The zero-order valence-electron chi connectivity index (χ0n) is 36.2. The van der Waals surface area contributed by atoms with Gasteiger partial charge in [-0.1, -0.05) is 73.5 Å². The van der Waals surface area contributed by atoms with Crippen molar-refractivity contribution in [2.75, 3.05) is 26.4 Å². The fourth-order valence-corrected chi connectivity index (χ4v) is 9.18. The van der Waals surface area contributed by atoms with E-state index < -0.39 is 29.4 Å². The summed E-state index contributed by atoms with van der Waals surface area (Å²) in [5.74, 6) is -0.447. The first-order valence-electron chi connectivity index (χ1n) is 21.8. The molecule has 0 radical (unpaired) electrons. The van der Waals surface area contributed by atoms with Crippen molar-refractivity contribution in [2.45, 2.75) is 123 Å². The monoisotopic (exact) mass is 823 g/mol. The maximum atomic E-state index is 14.5. The molecule has 3 aliphatic rings. The van der Waals surface area contributed by atoms with Crippen LogP contribution in [0.4, 0.5) is 4.79 Å². The molecule has 3 aromatic rings. The Bertz CT molecular complexity index is 1940. The molecule has 0 spiro atoms. The number of pyridine rings is 1. The molecule has 1 amide bonds. The third kappa shape index (κ3) is 10.6. The lowest BCUT2D eigenvalue weighted by Gasteiger charge is -2.60. The van der Waals surface area contributed by atoms with E-state index in [4.69, 9.17) is 28.9 Å². The minimum atomic E-state index is -1.38. The molecule has 2 N–H and O–H groups in total. The van der Waals surface area contributed by atoms with Crippen LogP contribution in [-0.2, 0) is 27.5 Å². The number of amides is 1. The first-order valence-corrected chi connectivity index (χ1v) is 21.8. The highest BCUT2D eigenvalue weighted by atomic mass is 16.7. The van der Waals surface area contributed by atoms with Crippen LogP contribution in [0.25, 0.3) is 0 Å². The van der Waals surface area contributed by atoms with Gasteiger partial charge in [0.15, 0.2) is 0 Å². The second kappa shape index (κ2) is 20.7. The van der Waals surface area contributed by atoms with Crippen LogP contribution in [0.2, 0.25) is 0 Å². The molecule has 0 bridgehead atoms. The van der Waals surface area contributed by atoms with Gasteiger partial charge in [0.05, 0.1) is 23.9 Å². The van der Waals surface area contributed by atoms with Crippen LogP contribution in [0.15, 0.2) is 96.2 Å². The maximum Gasteiger partial charge on any atom is 0.410 e. The lowest BCUT2D eigenvalue weighted by molar-refractivity contribution is -0.255. The van der Waals surface area contributed by atoms with Crippen LogP contribution in [0.1, 0.15) is 107 Å². The minimum Gasteiger partial charge on any atom is -0.487 e. The molecule has 2 heterocycles. The predicted octanol–water partition coefficient (Wildman–Crippen LogP) is 9.45. The van der Waals surface area contributed by atoms with Crippen LogP contribution in [0.5, 0.6) is 11.5 Å². The molecule has 0 saturated heterocycles. The van der Waals surface area contributed by atoms with Gasteiger partial charge in [-0.2, -0.15) is 0 Å². The molecule has 2 aromatic carbocycles. The van der Waals surface area contributed by atoms with E-state index in [1.807, 2.05) is 95.3 Å². The highest BCUT2D eigenvalue weighted by Gasteiger charge is 2.65. The SMILES string of the molecule is C=CCOC12Oc3ccc(OCc4cccc(C)n4)cc3C3C(CCCCO)C(CCCCO)C=C(C(=NOC(C)(C)C)CC1N(CCC)C(=O)OCc1ccccc1)C32. The molecule has 2 aliphatic carbocycles. The van der Waals surface area contributed by atoms with Gasteiger partial charge in [-0.3, -0.25) is 9.88 Å². The lowest BCUT2D eigenvalue weighted by atomic mass is 9.55. The number of hydrogen-bond donors (Lipinski definition) is 2. The third-order valence-electron chi connectivity index (χ3n) is 11.7. The number of aromatic nitrogens is 1. The first-order chi connectivity index (χ1) is 29.0. The van der Waals surface area contributed by atoms with Crippen molar-refractivity contribution < 1.29 is 38.8 Å². The maximum absolute atomic E-state index is 14.5. The Labute approximate surface area is 356 Å². The molecular weight excluding hydrogens is 759 g/mol. The van der Waals surface area contributed by atoms with Gasteiger partial charge in [0.1, 0.15) is 36.4 Å². The standard InChI is InChI=1S/C49H65N3O8/c1-7-25-52(47(55)57-32-35-18-10-9-11-19-35)44-31-42(51-60-48(4,5)6)40-29-36(20-12-14-26-53)39(22-13-15-27-54)45-41-30-38(56-33-37-21-16-17-34(3)50-37)23-24-43(41)59-49(44,46(40)45)58-28-8-2/h8-11,16-19,21,23-24,29-30,36,39,44-46,53-54H,2,7,12-15,20,22,25-28,31-33H2,1,3-6H3. The Hall–Kier alpha value is -4.71. The molecule has 1 aliphatic heterocycles. The van der Waals surface area contributed by atoms with E-state index >= 15 is 0 Å². The molecule has 6 unspecified atom stereocenters. The Morgan fingerprint density at radius 3 is 2.48 bits per heavy atom. The number of carbonyl (C=O) groups excluding carboxylic acids is 1. The van der Waals surface area contributed by atoms with E-state index in [1.165, 1.54) is 0 Å². The van der Waals surface area contributed by atoms with Gasteiger partial charge < -0.3 is 34.0 Å². The van der Waals surface area contributed by atoms with Crippen molar-refractivity contribution >= 4 is 11.8 Å². The van der Waals surface area contributed by atoms with E-state index in [0.717, 1.165) is 59.5 Å². The van der Waals surface area contributed by atoms with Gasteiger partial charge in [-0.15, -0.1) is 6.58 Å². The van der Waals surface area contributed by atoms with Crippen LogP contribution < -0.4 is 9.47 Å². The molecule has 1 aromatic heterocycles. The Morgan fingerprint density at radius 2 is 1.78 bits per heavy atom. The van der Waals surface area contributed by atoms with Crippen molar-refractivity contribution in [2.24, 2.45) is 22.9 Å². The molecule has 11 nitrogen and oxygen atoms in total. The van der Waals surface area contributed by atoms with Crippen molar-refractivity contribution in [3.8, 4) is 11.5 Å². The molecule has 6 atom stereocenters. The largest absolute Gasteiger partial charge is 0.487 e. The van der Waals surface area contributed by atoms with Gasteiger partial charge >= 0.3 is 6.09 Å². The van der Waals surface area contributed by atoms with Gasteiger partial charge in [0, 0.05) is 43.4 Å². The quantitative estimate of drug-likeness (QED) is 0.0650. The molecule has 1 saturated carbocycles. The highest BCUT2D eigenvalue weighted by Crippen LogP contribution is 2.62. The normalized spacial score (nSPS) is 23.8. The number of aliphatic hydroxyl groups is 2. The number of aryl methyl sites for hydroxylation is 1. The smallest absolute Gasteiger partial charge is 0.410 e. The van der Waals surface area contributed by atoms with Crippen molar-refractivity contribution in [1.82, 2.24) is 9.88 Å². The summed E-state index contributed by atoms with van der Waals surface area (Å²) in [4.78, 5) is 27.2. The average Bonchev–Trinajstić information content (AvgIpc) is 3.24. The van der Waals surface area contributed by atoms with E-state index in [9.17, 15) is 15.0 Å². The number of rotatable bonds is 20. The van der Waals surface area contributed by atoms with E-state index in [2.05, 4.69) is 23.7 Å². The van der Waals surface area contributed by atoms with Crippen LogP contribution in [-0.4, -0.2) is 75.7 Å². The van der Waals surface area contributed by atoms with Crippen molar-refractivity contribution in [3.63, 3.8) is 0 Å². The van der Waals surface area contributed by atoms with Gasteiger partial charge in [0.25, 0.3) is 0 Å². The topological polar surface area (TPSA) is 132 Å². The number of aliphatic hydroxyl groups excluding tert-OH is 2. The molecular formula is C49H65N3O8. The number of oxime groups is 1. The summed E-state index contributed by atoms with van der Waals surface area (Å²) in [6.07, 6.45) is 9.29. The number of allylic oxidation sites excluding steroid dienone is 1. The van der Waals surface area contributed by atoms with E-state index in [-0.39, 0.29) is 44.2 Å². The summed E-state index contributed by atoms with van der Waals surface area (Å²) in [6.45, 7) is 15.2. The summed E-state index contributed by atoms with van der Waals surface area (Å²) in [5, 5.41) is 24.8. The zero-order chi connectivity index (χ0) is 42.7. The number of carbonyl (C=O) groups is 1. The average molecular weight is 824 g/mol. The number of fused-ring (bicyclic) bond motifs is 2. The van der Waals surface area contributed by atoms with E-state index in [0.29, 0.717) is 50.3 Å². The van der Waals surface area contributed by atoms with Crippen molar-refractivity contribution in [1.29, 1.82) is 0 Å². The second-order valence-corrected chi connectivity index (χ2v) is 17.3. The predicted molar refractivity (Wildman–Crippen MR) is 233 cm³/mol. The number of hydrogen-bond acceptors (Lipinski definition) is 10. The lowest BCUT2D eigenvalue weighted by Crippen LogP contribution is -2.70. The number of ether oxygens (including phenoxy) is 4. The third-order valence-corrected chi connectivity index (χ3v) is 11.7. The fraction of sp³-hybridized carbons (Fsp3) is 0.531. The van der Waals surface area contributed by atoms with Gasteiger partial charge in [-0.05, 0) is 113 Å². The summed E-state index contributed by atoms with van der Waals surface area (Å²) in [6, 6.07) is 20.9. The van der Waals surface area contributed by atoms with Gasteiger partial charge in [0.2, 0.25) is 5.79 Å². The summed E-state index contributed by atoms with van der Waals surface area (Å²) in [7, 11) is 0. The molecule has 6 rings (SSSR count). The second-order valence-electron chi connectivity index (χ2n) is 17.3. The summed E-state index contributed by atoms with van der Waals surface area (Å²) < 4.78 is 27.0. The molecule has 11 heteroatoms. The fourth-order valence-electron chi connectivity index (χ4n) is 9.18. The highest BCUT2D eigenvalue weighted by molar-refractivity contribution is 6.03. The molecule has 324 valence electrons. The zero-order valence-corrected chi connectivity index (χ0v) is 36.2. The number of nitrogens with zero attached hydrogens (tertiary/aromatic N) is 3. The first kappa shape index (κ1) is 44.8. The summed E-state index contributed by atoms with van der Waals surface area (Å²) in [5.41, 5.74) is 4.77. The molecule has 1 fully saturated rings. The Morgan fingerprint density at radius 1 is 1.02 bits per heavy atom. The van der Waals surface area contributed by atoms with Crippen LogP contribution in [0.3, 0.4) is 0 Å². The van der Waals surface area contributed by atoms with Gasteiger partial charge in [-0.25, -0.2) is 4.79 Å². The number of unbranched alkanes of at least 4 members (excludes halogenated alkanes) is 2. The van der Waals surface area contributed by atoms with Crippen LogP contribution in [0, 0.1) is 24.7 Å². The van der Waals surface area contributed by atoms with E-state index in [1.54, 1.807) is 11.0 Å². The van der Waals surface area contributed by atoms with Crippen molar-refractivity contribution in [3.05, 3.63) is 114 Å². The Kier molecular flexibility index (Phi) is 15.5.